The second kappa shape index (κ2) is 8.64. The van der Waals surface area contributed by atoms with E-state index in [1.54, 1.807) is 6.26 Å². The first kappa shape index (κ1) is 14.6. The highest BCUT2D eigenvalue weighted by Crippen LogP contribution is 2.17. The summed E-state index contributed by atoms with van der Waals surface area (Å²) in [6.07, 6.45) is 6.54. The Balaban J connectivity index is 1.98. The first-order chi connectivity index (χ1) is 8.18. The molecule has 0 aromatic carbocycles. The Morgan fingerprint density at radius 3 is 2.76 bits per heavy atom. The molecule has 100 valence electrons. The van der Waals surface area contributed by atoms with Gasteiger partial charge in [-0.2, -0.15) is 0 Å². The van der Waals surface area contributed by atoms with Crippen molar-refractivity contribution in [1.29, 1.82) is 0 Å². The molecule has 1 atom stereocenters. The van der Waals surface area contributed by atoms with Gasteiger partial charge in [-0.3, -0.25) is 9.00 Å². The van der Waals surface area contributed by atoms with Gasteiger partial charge in [0.05, 0.1) is 0 Å². The molecule has 1 unspecified atom stereocenters. The standard InChI is InChI=1S/C12H24N2O2S/c1-17(16)10-2-7-14-12(15)4-3-11-5-8-13-9-6-11/h11,13H,2-10H2,1H3,(H,14,15). The molecule has 1 saturated heterocycles. The third-order valence-electron chi connectivity index (χ3n) is 3.17. The van der Waals surface area contributed by atoms with E-state index in [-0.39, 0.29) is 5.91 Å². The topological polar surface area (TPSA) is 58.2 Å². The molecule has 17 heavy (non-hydrogen) atoms. The Morgan fingerprint density at radius 2 is 2.12 bits per heavy atom. The fraction of sp³-hybridized carbons (Fsp3) is 0.917. The lowest BCUT2D eigenvalue weighted by Crippen LogP contribution is -2.30. The average Bonchev–Trinajstić information content (AvgIpc) is 2.33. The van der Waals surface area contributed by atoms with Gasteiger partial charge in [-0.15, -0.1) is 0 Å². The maximum Gasteiger partial charge on any atom is 0.220 e. The van der Waals surface area contributed by atoms with Crippen molar-refractivity contribution in [3.05, 3.63) is 0 Å². The van der Waals surface area contributed by atoms with Gasteiger partial charge in [-0.1, -0.05) is 0 Å². The summed E-state index contributed by atoms with van der Waals surface area (Å²) in [4.78, 5) is 11.5. The van der Waals surface area contributed by atoms with E-state index in [0.717, 1.165) is 25.9 Å². The number of hydrogen-bond donors (Lipinski definition) is 2. The van der Waals surface area contributed by atoms with E-state index < -0.39 is 10.8 Å². The van der Waals surface area contributed by atoms with Crippen LogP contribution < -0.4 is 10.6 Å². The van der Waals surface area contributed by atoms with Crippen molar-refractivity contribution in [1.82, 2.24) is 10.6 Å². The molecule has 5 heteroatoms. The Kier molecular flexibility index (Phi) is 7.44. The highest BCUT2D eigenvalue weighted by molar-refractivity contribution is 7.84. The summed E-state index contributed by atoms with van der Waals surface area (Å²) in [5.41, 5.74) is 0. The first-order valence-corrected chi connectivity index (χ1v) is 8.18. The number of hydrogen-bond acceptors (Lipinski definition) is 3. The predicted molar refractivity (Wildman–Crippen MR) is 71.4 cm³/mol. The number of carbonyl (C=O) groups is 1. The van der Waals surface area contributed by atoms with Gasteiger partial charge in [0.1, 0.15) is 0 Å². The fourth-order valence-corrected chi connectivity index (χ4v) is 2.65. The number of nitrogens with one attached hydrogen (secondary N) is 2. The maximum atomic E-state index is 11.5. The zero-order valence-electron chi connectivity index (χ0n) is 10.7. The highest BCUT2D eigenvalue weighted by atomic mass is 32.2. The summed E-state index contributed by atoms with van der Waals surface area (Å²) in [5, 5.41) is 6.21. The molecule has 0 saturated carbocycles. The average molecular weight is 260 g/mol. The van der Waals surface area contributed by atoms with Crippen LogP contribution in [0.4, 0.5) is 0 Å². The SMILES string of the molecule is CS(=O)CCCNC(=O)CCC1CCNCC1. The number of piperidine rings is 1. The molecule has 1 rings (SSSR count). The summed E-state index contributed by atoms with van der Waals surface area (Å²) >= 11 is 0. The Bertz CT molecular complexity index is 253. The molecule has 1 aliphatic heterocycles. The van der Waals surface area contributed by atoms with Crippen LogP contribution in [0, 0.1) is 5.92 Å². The lowest BCUT2D eigenvalue weighted by Gasteiger charge is -2.22. The van der Waals surface area contributed by atoms with E-state index in [1.165, 1.54) is 12.8 Å². The molecule has 0 radical (unpaired) electrons. The number of amides is 1. The Labute approximate surface area is 106 Å². The molecule has 0 aliphatic carbocycles. The molecule has 1 aliphatic rings. The van der Waals surface area contributed by atoms with Gasteiger partial charge in [0.2, 0.25) is 5.91 Å². The molecule has 1 amide bonds. The second-order valence-electron chi connectivity index (χ2n) is 4.71. The normalized spacial score (nSPS) is 18.9. The van der Waals surface area contributed by atoms with Crippen molar-refractivity contribution < 1.29 is 9.00 Å². The van der Waals surface area contributed by atoms with Crippen LogP contribution in [0.5, 0.6) is 0 Å². The molecular weight excluding hydrogens is 236 g/mol. The van der Waals surface area contributed by atoms with Crippen molar-refractivity contribution in [3.63, 3.8) is 0 Å². The molecule has 1 fully saturated rings. The summed E-state index contributed by atoms with van der Waals surface area (Å²) < 4.78 is 10.8. The Morgan fingerprint density at radius 1 is 1.41 bits per heavy atom. The monoisotopic (exact) mass is 260 g/mol. The zero-order chi connectivity index (χ0) is 12.5. The first-order valence-electron chi connectivity index (χ1n) is 6.46. The third kappa shape index (κ3) is 7.49. The van der Waals surface area contributed by atoms with Crippen LogP contribution >= 0.6 is 0 Å². The van der Waals surface area contributed by atoms with Gasteiger partial charge in [-0.05, 0) is 44.7 Å². The lowest BCUT2D eigenvalue weighted by atomic mass is 9.93. The van der Waals surface area contributed by atoms with Gasteiger partial charge in [0, 0.05) is 35.8 Å². The van der Waals surface area contributed by atoms with Crippen molar-refractivity contribution in [2.24, 2.45) is 5.92 Å². The maximum absolute atomic E-state index is 11.5. The van der Waals surface area contributed by atoms with Gasteiger partial charge >= 0.3 is 0 Å². The molecule has 0 aromatic heterocycles. The van der Waals surface area contributed by atoms with Crippen molar-refractivity contribution in [2.75, 3.05) is 31.6 Å². The van der Waals surface area contributed by atoms with Gasteiger partial charge < -0.3 is 10.6 Å². The van der Waals surface area contributed by atoms with Gasteiger partial charge in [-0.25, -0.2) is 0 Å². The zero-order valence-corrected chi connectivity index (χ0v) is 11.5. The van der Waals surface area contributed by atoms with Crippen LogP contribution in [0.25, 0.3) is 0 Å². The molecule has 0 bridgehead atoms. The van der Waals surface area contributed by atoms with Crippen LogP contribution in [-0.2, 0) is 15.6 Å². The summed E-state index contributed by atoms with van der Waals surface area (Å²) in [6, 6.07) is 0. The minimum absolute atomic E-state index is 0.144. The quantitative estimate of drug-likeness (QED) is 0.661. The van der Waals surface area contributed by atoms with Crippen molar-refractivity contribution >= 4 is 16.7 Å². The predicted octanol–water partition coefficient (Wildman–Crippen LogP) is 0.651. The molecule has 4 nitrogen and oxygen atoms in total. The largest absolute Gasteiger partial charge is 0.356 e. The smallest absolute Gasteiger partial charge is 0.220 e. The summed E-state index contributed by atoms with van der Waals surface area (Å²) in [6.45, 7) is 2.84. The van der Waals surface area contributed by atoms with Crippen molar-refractivity contribution in [2.45, 2.75) is 32.1 Å². The van der Waals surface area contributed by atoms with E-state index >= 15 is 0 Å². The lowest BCUT2D eigenvalue weighted by molar-refractivity contribution is -0.121. The van der Waals surface area contributed by atoms with E-state index in [0.29, 0.717) is 24.6 Å². The van der Waals surface area contributed by atoms with Crippen molar-refractivity contribution in [3.8, 4) is 0 Å². The van der Waals surface area contributed by atoms with E-state index in [4.69, 9.17) is 0 Å². The van der Waals surface area contributed by atoms with Gasteiger partial charge in [0.15, 0.2) is 0 Å². The highest BCUT2D eigenvalue weighted by Gasteiger charge is 2.14. The second-order valence-corrected chi connectivity index (χ2v) is 6.27. The van der Waals surface area contributed by atoms with E-state index in [9.17, 15) is 9.00 Å². The van der Waals surface area contributed by atoms with Crippen LogP contribution in [0.2, 0.25) is 0 Å². The van der Waals surface area contributed by atoms with Gasteiger partial charge in [0.25, 0.3) is 0 Å². The van der Waals surface area contributed by atoms with Crippen LogP contribution in [0.15, 0.2) is 0 Å². The van der Waals surface area contributed by atoms with E-state index in [2.05, 4.69) is 10.6 Å². The molecule has 0 spiro atoms. The minimum atomic E-state index is -0.746. The van der Waals surface area contributed by atoms with E-state index in [1.807, 2.05) is 0 Å². The summed E-state index contributed by atoms with van der Waals surface area (Å²) in [5.74, 6) is 1.53. The van der Waals surface area contributed by atoms with Crippen LogP contribution in [0.3, 0.4) is 0 Å². The number of carbonyl (C=O) groups excluding carboxylic acids is 1. The van der Waals surface area contributed by atoms with Crippen LogP contribution in [-0.4, -0.2) is 41.8 Å². The molecule has 1 heterocycles. The molecular formula is C12H24N2O2S. The molecule has 2 N–H and O–H groups in total. The van der Waals surface area contributed by atoms with Crippen LogP contribution in [0.1, 0.15) is 32.1 Å². The fourth-order valence-electron chi connectivity index (χ4n) is 2.10. The summed E-state index contributed by atoms with van der Waals surface area (Å²) in [7, 11) is -0.746. The third-order valence-corrected chi connectivity index (χ3v) is 4.03. The molecule has 0 aromatic rings. The Hall–Kier alpha value is -0.420. The minimum Gasteiger partial charge on any atom is -0.356 e. The number of rotatable bonds is 7.